The summed E-state index contributed by atoms with van der Waals surface area (Å²) in [6.45, 7) is 6.47. The van der Waals surface area contributed by atoms with Crippen molar-refractivity contribution in [2.24, 2.45) is 0 Å². The molecule has 2 rings (SSSR count). The minimum Gasteiger partial charge on any atom is -0.497 e. The van der Waals surface area contributed by atoms with Crippen molar-refractivity contribution < 1.29 is 14.3 Å². The van der Waals surface area contributed by atoms with Gasteiger partial charge >= 0.3 is 0 Å². The van der Waals surface area contributed by atoms with E-state index in [0.29, 0.717) is 11.5 Å². The molecule has 0 aliphatic heterocycles. The third-order valence-corrected chi connectivity index (χ3v) is 3.87. The maximum absolute atomic E-state index is 12.1. The Balaban J connectivity index is 2.06. The van der Waals surface area contributed by atoms with Gasteiger partial charge in [-0.05, 0) is 41.3 Å². The van der Waals surface area contributed by atoms with E-state index >= 15 is 0 Å². The van der Waals surface area contributed by atoms with Gasteiger partial charge in [0, 0.05) is 23.4 Å². The Bertz CT molecular complexity index is 756. The van der Waals surface area contributed by atoms with Crippen LogP contribution in [-0.2, 0) is 10.2 Å². The van der Waals surface area contributed by atoms with Crippen molar-refractivity contribution in [2.45, 2.75) is 26.2 Å². The van der Waals surface area contributed by atoms with Crippen LogP contribution in [0.2, 0.25) is 0 Å². The van der Waals surface area contributed by atoms with Gasteiger partial charge < -0.3 is 14.8 Å². The molecule has 0 aliphatic carbocycles. The molecule has 132 valence electrons. The van der Waals surface area contributed by atoms with Gasteiger partial charge in [0.2, 0.25) is 5.91 Å². The standard InChI is InChI=1S/C21H25NO3/c1-21(2,3)16-8-10-17(11-9-16)22-20(23)13-7-15-6-12-18(24-4)14-19(15)25-5/h6-14H,1-5H3,(H,22,23)/b13-7+. The van der Waals surface area contributed by atoms with Crippen LogP contribution in [0.25, 0.3) is 6.08 Å². The molecule has 0 radical (unpaired) electrons. The van der Waals surface area contributed by atoms with Gasteiger partial charge in [0.25, 0.3) is 0 Å². The maximum Gasteiger partial charge on any atom is 0.248 e. The van der Waals surface area contributed by atoms with Crippen molar-refractivity contribution in [3.05, 3.63) is 59.7 Å². The van der Waals surface area contributed by atoms with E-state index < -0.39 is 0 Å². The van der Waals surface area contributed by atoms with E-state index in [1.807, 2.05) is 36.4 Å². The van der Waals surface area contributed by atoms with E-state index in [-0.39, 0.29) is 11.3 Å². The Morgan fingerprint density at radius 3 is 2.24 bits per heavy atom. The SMILES string of the molecule is COc1ccc(/C=C/C(=O)Nc2ccc(C(C)(C)C)cc2)c(OC)c1. The third kappa shape index (κ3) is 5.11. The summed E-state index contributed by atoms with van der Waals surface area (Å²) in [6.07, 6.45) is 3.21. The molecule has 0 spiro atoms. The summed E-state index contributed by atoms with van der Waals surface area (Å²) in [5.41, 5.74) is 2.89. The fraction of sp³-hybridized carbons (Fsp3) is 0.286. The van der Waals surface area contributed by atoms with E-state index in [4.69, 9.17) is 9.47 Å². The smallest absolute Gasteiger partial charge is 0.248 e. The molecule has 0 aliphatic rings. The Hall–Kier alpha value is -2.75. The van der Waals surface area contributed by atoms with Crippen molar-refractivity contribution in [2.75, 3.05) is 19.5 Å². The summed E-state index contributed by atoms with van der Waals surface area (Å²) in [4.78, 5) is 12.1. The molecule has 4 nitrogen and oxygen atoms in total. The first kappa shape index (κ1) is 18.6. The number of hydrogen-bond donors (Lipinski definition) is 1. The Morgan fingerprint density at radius 1 is 1.00 bits per heavy atom. The van der Waals surface area contributed by atoms with E-state index in [1.165, 1.54) is 11.6 Å². The fourth-order valence-corrected chi connectivity index (χ4v) is 2.36. The number of methoxy groups -OCH3 is 2. The second-order valence-corrected chi connectivity index (χ2v) is 6.76. The largest absolute Gasteiger partial charge is 0.497 e. The number of anilines is 1. The average Bonchev–Trinajstić information content (AvgIpc) is 2.59. The highest BCUT2D eigenvalue weighted by Gasteiger charge is 2.13. The van der Waals surface area contributed by atoms with Crippen molar-refractivity contribution in [3.8, 4) is 11.5 Å². The Labute approximate surface area is 149 Å². The molecule has 0 unspecified atom stereocenters. The molecule has 1 N–H and O–H groups in total. The van der Waals surface area contributed by atoms with Crippen molar-refractivity contribution in [1.82, 2.24) is 0 Å². The predicted octanol–water partition coefficient (Wildman–Crippen LogP) is 4.65. The summed E-state index contributed by atoms with van der Waals surface area (Å²) in [5, 5.41) is 2.86. The van der Waals surface area contributed by atoms with Gasteiger partial charge in [-0.2, -0.15) is 0 Å². The lowest BCUT2D eigenvalue weighted by atomic mass is 9.87. The molecule has 2 aromatic carbocycles. The topological polar surface area (TPSA) is 47.6 Å². The Kier molecular flexibility index (Phi) is 5.86. The number of nitrogens with one attached hydrogen (secondary N) is 1. The van der Waals surface area contributed by atoms with Gasteiger partial charge in [0.05, 0.1) is 14.2 Å². The van der Waals surface area contributed by atoms with Crippen molar-refractivity contribution >= 4 is 17.7 Å². The molecule has 0 heterocycles. The zero-order chi connectivity index (χ0) is 18.4. The van der Waals surface area contributed by atoms with Crippen LogP contribution in [0.3, 0.4) is 0 Å². The highest BCUT2D eigenvalue weighted by molar-refractivity contribution is 6.02. The van der Waals surface area contributed by atoms with Crippen LogP contribution < -0.4 is 14.8 Å². The number of benzene rings is 2. The summed E-state index contributed by atoms with van der Waals surface area (Å²) in [6, 6.07) is 13.4. The molecule has 0 saturated heterocycles. The van der Waals surface area contributed by atoms with E-state index in [2.05, 4.69) is 26.1 Å². The van der Waals surface area contributed by atoms with E-state index in [0.717, 1.165) is 11.3 Å². The number of carbonyl (C=O) groups is 1. The molecule has 25 heavy (non-hydrogen) atoms. The Morgan fingerprint density at radius 2 is 1.68 bits per heavy atom. The van der Waals surface area contributed by atoms with Crippen LogP contribution in [0.4, 0.5) is 5.69 Å². The zero-order valence-electron chi connectivity index (χ0n) is 15.4. The van der Waals surface area contributed by atoms with Crippen LogP contribution in [-0.4, -0.2) is 20.1 Å². The first-order valence-corrected chi connectivity index (χ1v) is 8.15. The number of carbonyl (C=O) groups excluding carboxylic acids is 1. The minimum absolute atomic E-state index is 0.0906. The van der Waals surface area contributed by atoms with Crippen LogP contribution in [0, 0.1) is 0 Å². The summed E-state index contributed by atoms with van der Waals surface area (Å²) in [5.74, 6) is 1.16. The van der Waals surface area contributed by atoms with Gasteiger partial charge in [-0.25, -0.2) is 0 Å². The van der Waals surface area contributed by atoms with Crippen LogP contribution >= 0.6 is 0 Å². The molecular weight excluding hydrogens is 314 g/mol. The van der Waals surface area contributed by atoms with Crippen molar-refractivity contribution in [3.63, 3.8) is 0 Å². The van der Waals surface area contributed by atoms with Gasteiger partial charge in [0.1, 0.15) is 11.5 Å². The quantitative estimate of drug-likeness (QED) is 0.806. The van der Waals surface area contributed by atoms with Crippen LogP contribution in [0.15, 0.2) is 48.5 Å². The van der Waals surface area contributed by atoms with Gasteiger partial charge in [0.15, 0.2) is 0 Å². The first-order chi connectivity index (χ1) is 11.8. The van der Waals surface area contributed by atoms with Crippen LogP contribution in [0.5, 0.6) is 11.5 Å². The molecule has 0 aromatic heterocycles. The number of amides is 1. The molecule has 0 bridgehead atoms. The average molecular weight is 339 g/mol. The fourth-order valence-electron chi connectivity index (χ4n) is 2.36. The molecule has 4 heteroatoms. The zero-order valence-corrected chi connectivity index (χ0v) is 15.4. The summed E-state index contributed by atoms with van der Waals surface area (Å²) in [7, 11) is 3.19. The number of rotatable bonds is 5. The highest BCUT2D eigenvalue weighted by atomic mass is 16.5. The van der Waals surface area contributed by atoms with Gasteiger partial charge in [-0.15, -0.1) is 0 Å². The third-order valence-electron chi connectivity index (χ3n) is 3.87. The first-order valence-electron chi connectivity index (χ1n) is 8.15. The lowest BCUT2D eigenvalue weighted by Crippen LogP contribution is -2.12. The number of ether oxygens (including phenoxy) is 2. The molecule has 0 atom stereocenters. The molecular formula is C21H25NO3. The molecule has 0 saturated carbocycles. The van der Waals surface area contributed by atoms with E-state index in [9.17, 15) is 4.79 Å². The predicted molar refractivity (Wildman–Crippen MR) is 102 cm³/mol. The second-order valence-electron chi connectivity index (χ2n) is 6.76. The van der Waals surface area contributed by atoms with Crippen LogP contribution in [0.1, 0.15) is 31.9 Å². The molecule has 1 amide bonds. The highest BCUT2D eigenvalue weighted by Crippen LogP contribution is 2.26. The van der Waals surface area contributed by atoms with E-state index in [1.54, 1.807) is 26.4 Å². The minimum atomic E-state index is -0.193. The lowest BCUT2D eigenvalue weighted by molar-refractivity contribution is -0.111. The monoisotopic (exact) mass is 339 g/mol. The normalized spacial score (nSPS) is 11.4. The maximum atomic E-state index is 12.1. The van der Waals surface area contributed by atoms with Gasteiger partial charge in [-0.1, -0.05) is 32.9 Å². The molecule has 0 fully saturated rings. The lowest BCUT2D eigenvalue weighted by Gasteiger charge is -2.19. The van der Waals surface area contributed by atoms with Gasteiger partial charge in [-0.3, -0.25) is 4.79 Å². The molecule has 2 aromatic rings. The summed E-state index contributed by atoms with van der Waals surface area (Å²) < 4.78 is 10.5. The number of hydrogen-bond acceptors (Lipinski definition) is 3. The second kappa shape index (κ2) is 7.88. The summed E-state index contributed by atoms with van der Waals surface area (Å²) >= 11 is 0. The van der Waals surface area contributed by atoms with Crippen molar-refractivity contribution in [1.29, 1.82) is 0 Å².